The minimum atomic E-state index is 0.233. The molecule has 70 valence electrons. The zero-order chi connectivity index (χ0) is 9.68. The van der Waals surface area contributed by atoms with Crippen molar-refractivity contribution in [3.8, 4) is 5.75 Å². The molecule has 0 bridgehead atoms. The minimum Gasteiger partial charge on any atom is -0.508 e. The molecule has 0 unspecified atom stereocenters. The zero-order valence-electron chi connectivity index (χ0n) is 7.52. The lowest BCUT2D eigenvalue weighted by molar-refractivity contribution is 0.407. The van der Waals surface area contributed by atoms with E-state index in [-0.39, 0.29) is 5.75 Å². The molecule has 0 aliphatic carbocycles. The highest BCUT2D eigenvalue weighted by Gasteiger charge is 1.98. The summed E-state index contributed by atoms with van der Waals surface area (Å²) in [6.07, 6.45) is 1.79. The van der Waals surface area contributed by atoms with Gasteiger partial charge < -0.3 is 9.39 Å². The van der Waals surface area contributed by atoms with Crippen LogP contribution in [-0.2, 0) is 4.28 Å². The smallest absolute Gasteiger partial charge is 0.116 e. The van der Waals surface area contributed by atoms with Crippen molar-refractivity contribution in [3.63, 3.8) is 0 Å². The van der Waals surface area contributed by atoms with Gasteiger partial charge in [0.05, 0.1) is 17.8 Å². The lowest BCUT2D eigenvalue weighted by Gasteiger charge is -1.99. The van der Waals surface area contributed by atoms with Crippen LogP contribution >= 0.6 is 12.0 Å². The van der Waals surface area contributed by atoms with Crippen LogP contribution < -0.4 is 0 Å². The van der Waals surface area contributed by atoms with Crippen LogP contribution in [0.15, 0.2) is 29.4 Å². The molecule has 13 heavy (non-hydrogen) atoms. The quantitative estimate of drug-likeness (QED) is 0.459. The molecule has 1 aromatic rings. The van der Waals surface area contributed by atoms with Crippen LogP contribution in [0.25, 0.3) is 0 Å². The third kappa shape index (κ3) is 2.99. The molecule has 1 N–H and O–H groups in total. The van der Waals surface area contributed by atoms with E-state index in [2.05, 4.69) is 5.16 Å². The van der Waals surface area contributed by atoms with Crippen molar-refractivity contribution >= 4 is 17.8 Å². The SMILES string of the molecule is CSO/N=C(\C)c1cccc(O)c1. The average molecular weight is 197 g/mol. The van der Waals surface area contributed by atoms with Gasteiger partial charge in [0.15, 0.2) is 0 Å². The topological polar surface area (TPSA) is 41.8 Å². The van der Waals surface area contributed by atoms with Crippen LogP contribution in [0, 0.1) is 0 Å². The number of rotatable bonds is 3. The summed E-state index contributed by atoms with van der Waals surface area (Å²) < 4.78 is 4.81. The minimum absolute atomic E-state index is 0.233. The summed E-state index contributed by atoms with van der Waals surface area (Å²) in [5.41, 5.74) is 1.60. The summed E-state index contributed by atoms with van der Waals surface area (Å²) in [5.74, 6) is 0.233. The molecule has 0 fully saturated rings. The second kappa shape index (κ2) is 4.77. The van der Waals surface area contributed by atoms with Gasteiger partial charge >= 0.3 is 0 Å². The first kappa shape index (κ1) is 9.92. The standard InChI is InChI=1S/C9H11NO2S/c1-7(10-12-13-2)8-4-3-5-9(11)6-8/h3-6,11H,1-2H3/b10-7+. The summed E-state index contributed by atoms with van der Waals surface area (Å²) >= 11 is 1.18. The van der Waals surface area contributed by atoms with Crippen LogP contribution in [0.3, 0.4) is 0 Å². The maximum atomic E-state index is 9.19. The number of oxime groups is 1. The molecule has 0 atom stereocenters. The van der Waals surface area contributed by atoms with Crippen molar-refractivity contribution in [1.29, 1.82) is 0 Å². The number of hydrogen-bond donors (Lipinski definition) is 1. The van der Waals surface area contributed by atoms with Crippen LogP contribution in [0.1, 0.15) is 12.5 Å². The number of nitrogens with zero attached hydrogens (tertiary/aromatic N) is 1. The number of phenols is 1. The lowest BCUT2D eigenvalue weighted by Crippen LogP contribution is -1.93. The Morgan fingerprint density at radius 1 is 1.54 bits per heavy atom. The van der Waals surface area contributed by atoms with E-state index in [1.165, 1.54) is 12.0 Å². The fourth-order valence-corrected chi connectivity index (χ4v) is 1.06. The molecule has 3 nitrogen and oxygen atoms in total. The highest BCUT2D eigenvalue weighted by atomic mass is 32.2. The molecule has 0 spiro atoms. The Hall–Kier alpha value is -1.16. The van der Waals surface area contributed by atoms with E-state index in [1.54, 1.807) is 24.5 Å². The first-order chi connectivity index (χ1) is 6.24. The van der Waals surface area contributed by atoms with E-state index in [9.17, 15) is 5.11 Å². The predicted molar refractivity (Wildman–Crippen MR) is 54.9 cm³/mol. The molecule has 0 radical (unpaired) electrons. The summed E-state index contributed by atoms with van der Waals surface area (Å²) in [6, 6.07) is 6.89. The summed E-state index contributed by atoms with van der Waals surface area (Å²) in [4.78, 5) is 0. The highest BCUT2D eigenvalue weighted by molar-refractivity contribution is 7.93. The molecule has 4 heteroatoms. The third-order valence-electron chi connectivity index (χ3n) is 1.51. The third-order valence-corrected chi connectivity index (χ3v) is 1.74. The van der Waals surface area contributed by atoms with E-state index >= 15 is 0 Å². The molecule has 0 aliphatic heterocycles. The molecular formula is C9H11NO2S. The normalized spacial score (nSPS) is 11.4. The van der Waals surface area contributed by atoms with Crippen molar-refractivity contribution < 1.29 is 9.39 Å². The summed E-state index contributed by atoms with van der Waals surface area (Å²) in [5, 5.41) is 13.0. The van der Waals surface area contributed by atoms with E-state index in [1.807, 2.05) is 13.0 Å². The van der Waals surface area contributed by atoms with Crippen molar-refractivity contribution in [1.82, 2.24) is 0 Å². The predicted octanol–water partition coefficient (Wildman–Crippen LogP) is 2.41. The van der Waals surface area contributed by atoms with E-state index < -0.39 is 0 Å². The Morgan fingerprint density at radius 2 is 2.31 bits per heavy atom. The van der Waals surface area contributed by atoms with Gasteiger partial charge in [0.1, 0.15) is 5.75 Å². The van der Waals surface area contributed by atoms with Crippen molar-refractivity contribution in [2.75, 3.05) is 6.26 Å². The van der Waals surface area contributed by atoms with Gasteiger partial charge in [0.2, 0.25) is 0 Å². The monoisotopic (exact) mass is 197 g/mol. The second-order valence-corrected chi connectivity index (χ2v) is 2.95. The Balaban J connectivity index is 2.82. The van der Waals surface area contributed by atoms with E-state index in [0.717, 1.165) is 11.3 Å². The zero-order valence-corrected chi connectivity index (χ0v) is 8.34. The molecule has 1 rings (SSSR count). The lowest BCUT2D eigenvalue weighted by atomic mass is 10.1. The van der Waals surface area contributed by atoms with Crippen molar-refractivity contribution in [3.05, 3.63) is 29.8 Å². The van der Waals surface area contributed by atoms with Gasteiger partial charge in [0.25, 0.3) is 0 Å². The van der Waals surface area contributed by atoms with Gasteiger partial charge in [-0.25, -0.2) is 0 Å². The van der Waals surface area contributed by atoms with Gasteiger partial charge in [-0.3, -0.25) is 0 Å². The summed E-state index contributed by atoms with van der Waals surface area (Å²) in [7, 11) is 0. The van der Waals surface area contributed by atoms with Gasteiger partial charge in [-0.2, -0.15) is 0 Å². The maximum Gasteiger partial charge on any atom is 0.116 e. The van der Waals surface area contributed by atoms with E-state index in [4.69, 9.17) is 4.28 Å². The van der Waals surface area contributed by atoms with Gasteiger partial charge in [-0.05, 0) is 19.1 Å². The first-order valence-corrected chi connectivity index (χ1v) is 4.93. The molecule has 0 aromatic heterocycles. The molecule has 0 heterocycles. The second-order valence-electron chi connectivity index (χ2n) is 2.47. The molecular weight excluding hydrogens is 186 g/mol. The number of aromatic hydroxyl groups is 1. The number of phenolic OH excluding ortho intramolecular Hbond substituents is 1. The fourth-order valence-electron chi connectivity index (χ4n) is 0.877. The van der Waals surface area contributed by atoms with Crippen molar-refractivity contribution in [2.24, 2.45) is 5.16 Å². The largest absolute Gasteiger partial charge is 0.508 e. The fraction of sp³-hybridized carbons (Fsp3) is 0.222. The first-order valence-electron chi connectivity index (χ1n) is 3.78. The Bertz CT molecular complexity index is 312. The Labute approximate surface area is 81.6 Å². The maximum absolute atomic E-state index is 9.19. The molecule has 0 saturated carbocycles. The van der Waals surface area contributed by atoms with Crippen molar-refractivity contribution in [2.45, 2.75) is 6.92 Å². The highest BCUT2D eigenvalue weighted by Crippen LogP contribution is 2.12. The molecule has 1 aromatic carbocycles. The van der Waals surface area contributed by atoms with Gasteiger partial charge in [0, 0.05) is 11.8 Å². The number of hydrogen-bond acceptors (Lipinski definition) is 4. The summed E-state index contributed by atoms with van der Waals surface area (Å²) in [6.45, 7) is 1.82. The molecule has 0 amide bonds. The molecule has 0 aliphatic rings. The van der Waals surface area contributed by atoms with Gasteiger partial charge in [-0.15, -0.1) is 0 Å². The van der Waals surface area contributed by atoms with Crippen LogP contribution in [0.5, 0.6) is 5.75 Å². The molecule has 0 saturated heterocycles. The van der Waals surface area contributed by atoms with Gasteiger partial charge in [-0.1, -0.05) is 17.3 Å². The number of benzene rings is 1. The van der Waals surface area contributed by atoms with Crippen LogP contribution in [0.2, 0.25) is 0 Å². The Kier molecular flexibility index (Phi) is 3.64. The Morgan fingerprint density at radius 3 is 2.92 bits per heavy atom. The van der Waals surface area contributed by atoms with E-state index in [0.29, 0.717) is 0 Å². The average Bonchev–Trinajstić information content (AvgIpc) is 2.14. The van der Waals surface area contributed by atoms with Crippen LogP contribution in [-0.4, -0.2) is 17.1 Å². The van der Waals surface area contributed by atoms with Crippen LogP contribution in [0.4, 0.5) is 0 Å².